The Kier molecular flexibility index (Phi) is 6.27. The number of carbonyl (C=O) groups excluding carboxylic acids is 3. The smallest absolute Gasteiger partial charge is 0.311 e. The zero-order valence-electron chi connectivity index (χ0n) is 18.4. The summed E-state index contributed by atoms with van der Waals surface area (Å²) in [6.07, 6.45) is 4.58. The van der Waals surface area contributed by atoms with E-state index >= 15 is 0 Å². The Labute approximate surface area is 186 Å². The van der Waals surface area contributed by atoms with Gasteiger partial charge in [0.2, 0.25) is 5.91 Å². The molecule has 1 unspecified atom stereocenters. The number of rotatable bonds is 6. The molecule has 3 heterocycles. The number of piperidine rings is 1. The number of hydrogen-bond donors (Lipinski definition) is 0. The van der Waals surface area contributed by atoms with Crippen LogP contribution in [0.25, 0.3) is 0 Å². The van der Waals surface area contributed by atoms with E-state index < -0.39 is 17.4 Å². The zero-order valence-corrected chi connectivity index (χ0v) is 18.4. The Morgan fingerprint density at radius 2 is 2.00 bits per heavy atom. The van der Waals surface area contributed by atoms with Crippen molar-refractivity contribution in [3.63, 3.8) is 0 Å². The lowest BCUT2D eigenvalue weighted by atomic mass is 9.77. The third-order valence-corrected chi connectivity index (χ3v) is 6.40. The largest absolute Gasteiger partial charge is 0.469 e. The normalized spacial score (nSPS) is 20.1. The van der Waals surface area contributed by atoms with Crippen molar-refractivity contribution in [3.05, 3.63) is 53.9 Å². The summed E-state index contributed by atoms with van der Waals surface area (Å²) in [7, 11) is 1.33. The fraction of sp³-hybridized carbons (Fsp3) is 0.478. The Bertz CT molecular complexity index is 982. The lowest BCUT2D eigenvalue weighted by molar-refractivity contribution is -0.220. The summed E-state index contributed by atoms with van der Waals surface area (Å²) in [4.78, 5) is 45.6. The van der Waals surface area contributed by atoms with E-state index in [2.05, 4.69) is 5.10 Å². The molecule has 2 amide bonds. The molecular formula is C23H28N4O5. The second kappa shape index (κ2) is 9.12. The number of esters is 1. The molecule has 0 bridgehead atoms. The summed E-state index contributed by atoms with van der Waals surface area (Å²) in [6.45, 7) is 3.57. The molecule has 2 aliphatic heterocycles. The highest BCUT2D eigenvalue weighted by Crippen LogP contribution is 2.44. The summed E-state index contributed by atoms with van der Waals surface area (Å²) < 4.78 is 6.78. The molecule has 2 saturated heterocycles. The first kappa shape index (κ1) is 22.0. The number of aromatic nitrogens is 2. The van der Waals surface area contributed by atoms with E-state index in [1.54, 1.807) is 22.7 Å². The fourth-order valence-corrected chi connectivity index (χ4v) is 4.83. The van der Waals surface area contributed by atoms with Gasteiger partial charge in [0.25, 0.3) is 5.91 Å². The number of benzene rings is 1. The molecule has 170 valence electrons. The summed E-state index contributed by atoms with van der Waals surface area (Å²) in [5.41, 5.74) is 0.820. The second-order valence-corrected chi connectivity index (χ2v) is 8.19. The van der Waals surface area contributed by atoms with Gasteiger partial charge < -0.3 is 9.64 Å². The van der Waals surface area contributed by atoms with Gasteiger partial charge in [-0.05, 0) is 43.5 Å². The van der Waals surface area contributed by atoms with E-state index in [0.717, 1.165) is 5.56 Å². The van der Waals surface area contributed by atoms with Gasteiger partial charge in [-0.2, -0.15) is 5.10 Å². The predicted octanol–water partition coefficient (Wildman–Crippen LogP) is 1.88. The molecule has 1 atom stereocenters. The molecule has 1 aromatic carbocycles. The number of hydroxylamine groups is 2. The number of methoxy groups -OCH3 is 1. The molecule has 4 rings (SSSR count). The molecule has 2 aliphatic rings. The standard InChI is InChI=1S/C23H28N4O5/c1-3-32-27-20(28)15-19(22(30)31-2)23(27)8-12-25(13-9-23)21(29)18-7-4-6-17(14-18)16-26-11-5-10-24-26/h4-7,10-11,14,19H,3,8-9,12-13,15-16H2,1-2H3. The minimum Gasteiger partial charge on any atom is -0.469 e. The van der Waals surface area contributed by atoms with Gasteiger partial charge in [0.1, 0.15) is 0 Å². The third-order valence-electron chi connectivity index (χ3n) is 6.40. The minimum absolute atomic E-state index is 0.0656. The average molecular weight is 441 g/mol. The SMILES string of the molecule is CCON1C(=O)CC(C(=O)OC)C12CCN(C(=O)c1cccc(Cn3cccn3)c1)CC2. The first-order chi connectivity index (χ1) is 15.5. The van der Waals surface area contributed by atoms with Crippen molar-refractivity contribution in [3.8, 4) is 0 Å². The molecule has 32 heavy (non-hydrogen) atoms. The Morgan fingerprint density at radius 1 is 1.22 bits per heavy atom. The topological polar surface area (TPSA) is 94.0 Å². The maximum Gasteiger partial charge on any atom is 0.311 e. The van der Waals surface area contributed by atoms with Gasteiger partial charge in [-0.15, -0.1) is 0 Å². The van der Waals surface area contributed by atoms with Crippen LogP contribution >= 0.6 is 0 Å². The van der Waals surface area contributed by atoms with Crippen molar-refractivity contribution in [2.24, 2.45) is 5.92 Å². The lowest BCUT2D eigenvalue weighted by Gasteiger charge is -2.45. The van der Waals surface area contributed by atoms with Crippen LogP contribution in [0, 0.1) is 5.92 Å². The van der Waals surface area contributed by atoms with E-state index in [1.807, 2.05) is 36.5 Å². The van der Waals surface area contributed by atoms with Crippen molar-refractivity contribution >= 4 is 17.8 Å². The van der Waals surface area contributed by atoms with E-state index in [9.17, 15) is 14.4 Å². The summed E-state index contributed by atoms with van der Waals surface area (Å²) in [5, 5.41) is 5.59. The molecule has 1 spiro atoms. The van der Waals surface area contributed by atoms with Gasteiger partial charge in [-0.1, -0.05) is 12.1 Å². The molecule has 9 heteroatoms. The van der Waals surface area contributed by atoms with Crippen LogP contribution in [0.4, 0.5) is 0 Å². The number of hydrogen-bond acceptors (Lipinski definition) is 6. The van der Waals surface area contributed by atoms with Crippen LogP contribution in [-0.4, -0.2) is 69.9 Å². The molecule has 0 saturated carbocycles. The maximum absolute atomic E-state index is 13.2. The van der Waals surface area contributed by atoms with Gasteiger partial charge in [-0.3, -0.25) is 23.9 Å². The van der Waals surface area contributed by atoms with Gasteiger partial charge in [0.15, 0.2) is 0 Å². The van der Waals surface area contributed by atoms with Crippen molar-refractivity contribution < 1.29 is 24.0 Å². The first-order valence-electron chi connectivity index (χ1n) is 10.9. The lowest BCUT2D eigenvalue weighted by Crippen LogP contribution is -2.58. The van der Waals surface area contributed by atoms with E-state index in [-0.39, 0.29) is 18.2 Å². The Morgan fingerprint density at radius 3 is 2.66 bits per heavy atom. The van der Waals surface area contributed by atoms with Crippen LogP contribution in [0.15, 0.2) is 42.7 Å². The summed E-state index contributed by atoms with van der Waals surface area (Å²) in [6, 6.07) is 9.39. The molecule has 2 aromatic rings. The minimum atomic E-state index is -0.779. The van der Waals surface area contributed by atoms with E-state index in [4.69, 9.17) is 9.57 Å². The van der Waals surface area contributed by atoms with Gasteiger partial charge >= 0.3 is 5.97 Å². The van der Waals surface area contributed by atoms with Crippen LogP contribution < -0.4 is 0 Å². The van der Waals surface area contributed by atoms with Gasteiger partial charge in [0.05, 0.1) is 31.7 Å². The Hall–Kier alpha value is -3.20. The number of nitrogens with zero attached hydrogens (tertiary/aromatic N) is 4. The maximum atomic E-state index is 13.2. The highest BCUT2D eigenvalue weighted by molar-refractivity contribution is 5.94. The monoisotopic (exact) mass is 440 g/mol. The third kappa shape index (κ3) is 4.00. The van der Waals surface area contributed by atoms with E-state index in [0.29, 0.717) is 44.6 Å². The molecule has 0 aliphatic carbocycles. The van der Waals surface area contributed by atoms with Crippen molar-refractivity contribution in [2.75, 3.05) is 26.8 Å². The van der Waals surface area contributed by atoms with Crippen molar-refractivity contribution in [2.45, 2.75) is 38.3 Å². The molecule has 9 nitrogen and oxygen atoms in total. The number of amides is 2. The average Bonchev–Trinajstić information content (AvgIpc) is 3.41. The highest BCUT2D eigenvalue weighted by Gasteiger charge is 2.58. The van der Waals surface area contributed by atoms with Crippen molar-refractivity contribution in [1.29, 1.82) is 0 Å². The van der Waals surface area contributed by atoms with Gasteiger partial charge in [0, 0.05) is 37.5 Å². The quantitative estimate of drug-likeness (QED) is 0.637. The first-order valence-corrected chi connectivity index (χ1v) is 10.9. The summed E-state index contributed by atoms with van der Waals surface area (Å²) in [5.74, 6) is -1.29. The van der Waals surface area contributed by atoms with E-state index in [1.165, 1.54) is 12.2 Å². The number of ether oxygens (including phenoxy) is 1. The zero-order chi connectivity index (χ0) is 22.7. The second-order valence-electron chi connectivity index (χ2n) is 8.19. The summed E-state index contributed by atoms with van der Waals surface area (Å²) >= 11 is 0. The van der Waals surface area contributed by atoms with Crippen LogP contribution in [0.2, 0.25) is 0 Å². The molecule has 0 radical (unpaired) electrons. The van der Waals surface area contributed by atoms with Crippen LogP contribution in [0.1, 0.15) is 42.1 Å². The fourth-order valence-electron chi connectivity index (χ4n) is 4.83. The molecular weight excluding hydrogens is 412 g/mol. The van der Waals surface area contributed by atoms with Crippen molar-refractivity contribution in [1.82, 2.24) is 19.7 Å². The van der Waals surface area contributed by atoms with Crippen LogP contribution in [0.5, 0.6) is 0 Å². The predicted molar refractivity (Wildman–Crippen MR) is 114 cm³/mol. The highest BCUT2D eigenvalue weighted by atomic mass is 16.7. The Balaban J connectivity index is 1.49. The van der Waals surface area contributed by atoms with Crippen LogP contribution in [-0.2, 0) is 25.7 Å². The number of carbonyl (C=O) groups is 3. The number of likely N-dealkylation sites (tertiary alicyclic amines) is 1. The molecule has 1 aromatic heterocycles. The molecule has 2 fully saturated rings. The molecule has 0 N–H and O–H groups in total. The van der Waals surface area contributed by atoms with Gasteiger partial charge in [-0.25, -0.2) is 5.06 Å². The van der Waals surface area contributed by atoms with Crippen LogP contribution in [0.3, 0.4) is 0 Å².